The zero-order valence-corrected chi connectivity index (χ0v) is 9.05. The third kappa shape index (κ3) is 2.76. The van der Waals surface area contributed by atoms with Crippen molar-refractivity contribution < 1.29 is 9.50 Å². The molecule has 0 aliphatic heterocycles. The van der Waals surface area contributed by atoms with Crippen LogP contribution in [0.5, 0.6) is 0 Å². The Morgan fingerprint density at radius 2 is 2.12 bits per heavy atom. The van der Waals surface area contributed by atoms with Gasteiger partial charge in [0, 0.05) is 24.5 Å². The van der Waals surface area contributed by atoms with Gasteiger partial charge < -0.3 is 10.8 Å². The molecule has 2 rings (SSSR count). The number of halogens is 1. The van der Waals surface area contributed by atoms with Crippen molar-refractivity contribution in [3.8, 4) is 0 Å². The minimum Gasteiger partial charge on any atom is -0.398 e. The second kappa shape index (κ2) is 4.88. The average molecular weight is 233 g/mol. The standard InChI is InChI=1S/C12H12FN3O/c13-9-1-2-11(16-7-9)12(17)5-8-6-15-4-3-10(8)14/h1-4,6-7,12,17H,5H2,(H2,14,15). The Kier molecular flexibility index (Phi) is 3.30. The molecule has 0 saturated carbocycles. The maximum atomic E-state index is 12.7. The highest BCUT2D eigenvalue weighted by Gasteiger charge is 2.11. The summed E-state index contributed by atoms with van der Waals surface area (Å²) >= 11 is 0. The summed E-state index contributed by atoms with van der Waals surface area (Å²) in [7, 11) is 0. The topological polar surface area (TPSA) is 72.0 Å². The number of nitrogen functional groups attached to an aromatic ring is 1. The molecule has 0 bridgehead atoms. The Labute approximate surface area is 98.0 Å². The number of anilines is 1. The molecule has 88 valence electrons. The van der Waals surface area contributed by atoms with Crippen LogP contribution >= 0.6 is 0 Å². The van der Waals surface area contributed by atoms with Crippen molar-refractivity contribution in [2.45, 2.75) is 12.5 Å². The molecule has 5 heteroatoms. The smallest absolute Gasteiger partial charge is 0.141 e. The highest BCUT2D eigenvalue weighted by molar-refractivity contribution is 5.44. The molecular weight excluding hydrogens is 221 g/mol. The van der Waals surface area contributed by atoms with E-state index in [1.54, 1.807) is 18.5 Å². The van der Waals surface area contributed by atoms with E-state index in [1.165, 1.54) is 12.1 Å². The second-order valence-corrected chi connectivity index (χ2v) is 3.70. The molecule has 0 aromatic carbocycles. The van der Waals surface area contributed by atoms with Crippen LogP contribution in [0.4, 0.5) is 10.1 Å². The number of aliphatic hydroxyl groups is 1. The van der Waals surface area contributed by atoms with Crippen molar-refractivity contribution in [1.29, 1.82) is 0 Å². The van der Waals surface area contributed by atoms with Crippen LogP contribution in [0.2, 0.25) is 0 Å². The third-order valence-corrected chi connectivity index (χ3v) is 2.45. The lowest BCUT2D eigenvalue weighted by Crippen LogP contribution is -2.06. The fourth-order valence-corrected chi connectivity index (χ4v) is 1.51. The lowest BCUT2D eigenvalue weighted by Gasteiger charge is -2.11. The maximum Gasteiger partial charge on any atom is 0.141 e. The zero-order chi connectivity index (χ0) is 12.3. The summed E-state index contributed by atoms with van der Waals surface area (Å²) in [4.78, 5) is 7.75. The monoisotopic (exact) mass is 233 g/mol. The van der Waals surface area contributed by atoms with E-state index in [0.717, 1.165) is 11.8 Å². The average Bonchev–Trinajstić information content (AvgIpc) is 2.33. The summed E-state index contributed by atoms with van der Waals surface area (Å²) in [5, 5.41) is 9.92. The molecule has 1 atom stereocenters. The van der Waals surface area contributed by atoms with Crippen molar-refractivity contribution in [3.05, 3.63) is 53.9 Å². The highest BCUT2D eigenvalue weighted by atomic mass is 19.1. The first-order valence-electron chi connectivity index (χ1n) is 5.14. The van der Waals surface area contributed by atoms with Crippen LogP contribution in [0.25, 0.3) is 0 Å². The normalized spacial score (nSPS) is 12.4. The summed E-state index contributed by atoms with van der Waals surface area (Å²) in [6, 6.07) is 4.38. The number of nitrogens with two attached hydrogens (primary N) is 1. The number of rotatable bonds is 3. The quantitative estimate of drug-likeness (QED) is 0.842. The number of nitrogens with zero attached hydrogens (tertiary/aromatic N) is 2. The number of pyridine rings is 2. The number of hydrogen-bond acceptors (Lipinski definition) is 4. The van der Waals surface area contributed by atoms with Crippen LogP contribution in [-0.4, -0.2) is 15.1 Å². The van der Waals surface area contributed by atoms with Crippen LogP contribution in [0, 0.1) is 5.82 Å². The van der Waals surface area contributed by atoms with Crippen LogP contribution in [0.3, 0.4) is 0 Å². The van der Waals surface area contributed by atoms with E-state index in [4.69, 9.17) is 5.73 Å². The summed E-state index contributed by atoms with van der Waals surface area (Å²) in [6.45, 7) is 0. The molecule has 0 aliphatic carbocycles. The van der Waals surface area contributed by atoms with Gasteiger partial charge in [-0.2, -0.15) is 0 Å². The molecule has 3 N–H and O–H groups in total. The molecular formula is C12H12FN3O. The van der Waals surface area contributed by atoms with Gasteiger partial charge in [-0.15, -0.1) is 0 Å². The van der Waals surface area contributed by atoms with E-state index in [1.807, 2.05) is 0 Å². The summed E-state index contributed by atoms with van der Waals surface area (Å²) in [6.07, 6.45) is 3.74. The molecule has 2 aromatic heterocycles. The fourth-order valence-electron chi connectivity index (χ4n) is 1.51. The van der Waals surface area contributed by atoms with E-state index in [2.05, 4.69) is 9.97 Å². The molecule has 0 fully saturated rings. The van der Waals surface area contributed by atoms with Crippen molar-refractivity contribution in [1.82, 2.24) is 9.97 Å². The van der Waals surface area contributed by atoms with Gasteiger partial charge in [0.05, 0.1) is 11.9 Å². The van der Waals surface area contributed by atoms with E-state index >= 15 is 0 Å². The molecule has 2 aromatic rings. The zero-order valence-electron chi connectivity index (χ0n) is 9.05. The van der Waals surface area contributed by atoms with Gasteiger partial charge in [-0.1, -0.05) is 0 Å². The van der Waals surface area contributed by atoms with Gasteiger partial charge in [-0.25, -0.2) is 4.39 Å². The Bertz CT molecular complexity index is 501. The van der Waals surface area contributed by atoms with E-state index < -0.39 is 11.9 Å². The van der Waals surface area contributed by atoms with Crippen molar-refractivity contribution in [2.75, 3.05) is 5.73 Å². The first-order valence-corrected chi connectivity index (χ1v) is 5.14. The summed E-state index contributed by atoms with van der Waals surface area (Å²) in [5.74, 6) is -0.429. The Balaban J connectivity index is 2.14. The van der Waals surface area contributed by atoms with Crippen LogP contribution in [-0.2, 0) is 6.42 Å². The largest absolute Gasteiger partial charge is 0.398 e. The van der Waals surface area contributed by atoms with Crippen LogP contribution < -0.4 is 5.73 Å². The fraction of sp³-hybridized carbons (Fsp3) is 0.167. The van der Waals surface area contributed by atoms with Gasteiger partial charge in [-0.05, 0) is 23.8 Å². The Hall–Kier alpha value is -2.01. The predicted octanol–water partition coefficient (Wildman–Crippen LogP) is 1.47. The van der Waals surface area contributed by atoms with Crippen molar-refractivity contribution in [2.24, 2.45) is 0 Å². The first kappa shape index (κ1) is 11.5. The molecule has 2 heterocycles. The number of aliphatic hydroxyl groups excluding tert-OH is 1. The van der Waals surface area contributed by atoms with Gasteiger partial charge in [0.2, 0.25) is 0 Å². The summed E-state index contributed by atoms with van der Waals surface area (Å²) < 4.78 is 12.7. The van der Waals surface area contributed by atoms with Crippen molar-refractivity contribution >= 4 is 5.69 Å². The SMILES string of the molecule is Nc1ccncc1CC(O)c1ccc(F)cn1. The second-order valence-electron chi connectivity index (χ2n) is 3.70. The van der Waals surface area contributed by atoms with E-state index in [9.17, 15) is 9.50 Å². The van der Waals surface area contributed by atoms with Gasteiger partial charge in [-0.3, -0.25) is 9.97 Å². The minimum atomic E-state index is -0.818. The van der Waals surface area contributed by atoms with Gasteiger partial charge in [0.1, 0.15) is 11.9 Å². The maximum absolute atomic E-state index is 12.7. The number of hydrogen-bond donors (Lipinski definition) is 2. The summed E-state index contributed by atoms with van der Waals surface area (Å²) in [5.41, 5.74) is 7.46. The van der Waals surface area contributed by atoms with Crippen LogP contribution in [0.15, 0.2) is 36.8 Å². The molecule has 4 nitrogen and oxygen atoms in total. The van der Waals surface area contributed by atoms with Gasteiger partial charge in [0.25, 0.3) is 0 Å². The van der Waals surface area contributed by atoms with E-state index in [0.29, 0.717) is 17.8 Å². The molecule has 17 heavy (non-hydrogen) atoms. The molecule has 0 aliphatic rings. The molecule has 0 saturated heterocycles. The lowest BCUT2D eigenvalue weighted by molar-refractivity contribution is 0.173. The first-order chi connectivity index (χ1) is 8.16. The number of aromatic nitrogens is 2. The third-order valence-electron chi connectivity index (χ3n) is 2.45. The predicted molar refractivity (Wildman–Crippen MR) is 61.5 cm³/mol. The van der Waals surface area contributed by atoms with Crippen molar-refractivity contribution in [3.63, 3.8) is 0 Å². The molecule has 1 unspecified atom stereocenters. The molecule has 0 radical (unpaired) electrons. The molecule has 0 spiro atoms. The Morgan fingerprint density at radius 3 is 2.76 bits per heavy atom. The lowest BCUT2D eigenvalue weighted by atomic mass is 10.1. The molecule has 0 amide bonds. The minimum absolute atomic E-state index is 0.304. The highest BCUT2D eigenvalue weighted by Crippen LogP contribution is 2.19. The van der Waals surface area contributed by atoms with Gasteiger partial charge in [0.15, 0.2) is 0 Å². The van der Waals surface area contributed by atoms with E-state index in [-0.39, 0.29) is 0 Å². The Morgan fingerprint density at radius 1 is 1.29 bits per heavy atom. The van der Waals surface area contributed by atoms with Gasteiger partial charge >= 0.3 is 0 Å². The van der Waals surface area contributed by atoms with Crippen LogP contribution in [0.1, 0.15) is 17.4 Å².